The van der Waals surface area contributed by atoms with Crippen molar-refractivity contribution in [2.75, 3.05) is 20.1 Å². The molecule has 1 aliphatic rings. The first-order valence-electron chi connectivity index (χ1n) is 8.29. The van der Waals surface area contributed by atoms with Crippen LogP contribution in [-0.4, -0.2) is 46.6 Å². The molecule has 2 heterocycles. The second-order valence-corrected chi connectivity index (χ2v) is 6.61. The Kier molecular flexibility index (Phi) is 4.68. The van der Waals surface area contributed by atoms with Crippen molar-refractivity contribution < 1.29 is 9.90 Å². The molecule has 1 aromatic heterocycles. The molecule has 1 amide bonds. The van der Waals surface area contributed by atoms with Crippen LogP contribution in [0.5, 0.6) is 0 Å². The number of amides is 1. The summed E-state index contributed by atoms with van der Waals surface area (Å²) in [7, 11) is 1.64. The van der Waals surface area contributed by atoms with Crippen LogP contribution >= 0.6 is 0 Å². The Hall–Kier alpha value is -1.85. The van der Waals surface area contributed by atoms with Gasteiger partial charge in [-0.3, -0.25) is 9.69 Å². The van der Waals surface area contributed by atoms with E-state index in [4.69, 9.17) is 0 Å². The number of nitrogens with zero attached hydrogens (tertiary/aromatic N) is 1. The van der Waals surface area contributed by atoms with Crippen LogP contribution in [0.2, 0.25) is 0 Å². The number of β-amino-alcohol motifs (C(OH)–C–C–N with tert-alkyl or cyclic N) is 1. The van der Waals surface area contributed by atoms with Gasteiger partial charge in [-0.15, -0.1) is 0 Å². The van der Waals surface area contributed by atoms with E-state index in [0.717, 1.165) is 31.4 Å². The van der Waals surface area contributed by atoms with Gasteiger partial charge >= 0.3 is 0 Å². The molecule has 3 N–H and O–H groups in total. The third-order valence-electron chi connectivity index (χ3n) is 4.75. The first-order chi connectivity index (χ1) is 11.1. The number of benzene rings is 1. The summed E-state index contributed by atoms with van der Waals surface area (Å²) in [6, 6.07) is 8.52. The van der Waals surface area contributed by atoms with Crippen molar-refractivity contribution in [1.29, 1.82) is 0 Å². The number of hydrogen-bond donors (Lipinski definition) is 3. The van der Waals surface area contributed by atoms with Crippen LogP contribution in [0.25, 0.3) is 10.9 Å². The fourth-order valence-electron chi connectivity index (χ4n) is 3.48. The van der Waals surface area contributed by atoms with Crippen molar-refractivity contribution in [3.05, 3.63) is 36.0 Å². The molecule has 0 aliphatic carbocycles. The molecule has 0 radical (unpaired) electrons. The lowest BCUT2D eigenvalue weighted by Gasteiger charge is -2.39. The predicted octanol–water partition coefficient (Wildman–Crippen LogP) is 2.02. The number of carbonyl (C=O) groups is 1. The number of aliphatic hydroxyl groups is 1. The maximum atomic E-state index is 11.4. The molecule has 1 fully saturated rings. The van der Waals surface area contributed by atoms with Crippen molar-refractivity contribution in [3.63, 3.8) is 0 Å². The summed E-state index contributed by atoms with van der Waals surface area (Å²) < 4.78 is 0. The summed E-state index contributed by atoms with van der Waals surface area (Å²) >= 11 is 0. The van der Waals surface area contributed by atoms with E-state index in [1.54, 1.807) is 7.05 Å². The quantitative estimate of drug-likeness (QED) is 0.791. The molecular weight excluding hydrogens is 290 g/mol. The number of hydrogen-bond acceptors (Lipinski definition) is 3. The number of piperidine rings is 1. The van der Waals surface area contributed by atoms with E-state index in [1.807, 2.05) is 6.20 Å². The summed E-state index contributed by atoms with van der Waals surface area (Å²) in [5, 5.41) is 14.6. The maximum absolute atomic E-state index is 11.4. The van der Waals surface area contributed by atoms with E-state index in [-0.39, 0.29) is 5.91 Å². The average molecular weight is 315 g/mol. The minimum Gasteiger partial charge on any atom is -0.389 e. The van der Waals surface area contributed by atoms with Crippen molar-refractivity contribution in [2.24, 2.45) is 0 Å². The van der Waals surface area contributed by atoms with Crippen LogP contribution < -0.4 is 5.32 Å². The Balaban J connectivity index is 1.62. The van der Waals surface area contributed by atoms with Gasteiger partial charge in [-0.25, -0.2) is 0 Å². The molecule has 5 heteroatoms. The van der Waals surface area contributed by atoms with E-state index < -0.39 is 5.60 Å². The van der Waals surface area contributed by atoms with Gasteiger partial charge < -0.3 is 15.4 Å². The molecule has 3 rings (SSSR count). The van der Waals surface area contributed by atoms with Gasteiger partial charge in [0.25, 0.3) is 0 Å². The van der Waals surface area contributed by atoms with Gasteiger partial charge in [0.1, 0.15) is 0 Å². The second kappa shape index (κ2) is 6.72. The third-order valence-corrected chi connectivity index (χ3v) is 4.75. The maximum Gasteiger partial charge on any atom is 0.219 e. The second-order valence-electron chi connectivity index (χ2n) is 6.61. The fraction of sp³-hybridized carbons (Fsp3) is 0.500. The minimum atomic E-state index is -0.747. The van der Waals surface area contributed by atoms with Crippen LogP contribution in [0, 0.1) is 0 Å². The topological polar surface area (TPSA) is 68.4 Å². The van der Waals surface area contributed by atoms with Crippen molar-refractivity contribution >= 4 is 16.8 Å². The predicted molar refractivity (Wildman–Crippen MR) is 91.1 cm³/mol. The van der Waals surface area contributed by atoms with Crippen molar-refractivity contribution in [2.45, 2.75) is 37.8 Å². The Morgan fingerprint density at radius 1 is 1.43 bits per heavy atom. The van der Waals surface area contributed by atoms with E-state index >= 15 is 0 Å². The van der Waals surface area contributed by atoms with E-state index in [0.29, 0.717) is 19.4 Å². The first kappa shape index (κ1) is 16.0. The average Bonchev–Trinajstić information content (AvgIpc) is 3.00. The fourth-order valence-corrected chi connectivity index (χ4v) is 3.48. The molecule has 2 aromatic rings. The molecule has 1 atom stereocenters. The Morgan fingerprint density at radius 2 is 2.30 bits per heavy atom. The minimum absolute atomic E-state index is 0.00606. The van der Waals surface area contributed by atoms with Crippen LogP contribution in [0.15, 0.2) is 30.5 Å². The van der Waals surface area contributed by atoms with Gasteiger partial charge in [0.05, 0.1) is 5.60 Å². The van der Waals surface area contributed by atoms with E-state index in [1.165, 1.54) is 10.9 Å². The lowest BCUT2D eigenvalue weighted by atomic mass is 9.88. The Bertz CT molecular complexity index is 682. The highest BCUT2D eigenvalue weighted by Crippen LogP contribution is 2.27. The molecular formula is C18H25N3O2. The number of aromatic nitrogens is 1. The lowest BCUT2D eigenvalue weighted by molar-refractivity contribution is -0.122. The molecule has 0 spiro atoms. The van der Waals surface area contributed by atoms with Gasteiger partial charge in [-0.2, -0.15) is 0 Å². The highest BCUT2D eigenvalue weighted by atomic mass is 16.3. The molecule has 23 heavy (non-hydrogen) atoms. The molecule has 1 aromatic carbocycles. The highest BCUT2D eigenvalue weighted by Gasteiger charge is 2.33. The number of fused-ring (bicyclic) bond motifs is 1. The van der Waals surface area contributed by atoms with Crippen LogP contribution in [0.4, 0.5) is 0 Å². The summed E-state index contributed by atoms with van der Waals surface area (Å²) in [6.07, 6.45) is 4.61. The summed E-state index contributed by atoms with van der Waals surface area (Å²) in [5.41, 5.74) is 1.66. The van der Waals surface area contributed by atoms with E-state index in [2.05, 4.69) is 39.5 Å². The molecule has 0 bridgehead atoms. The van der Waals surface area contributed by atoms with Crippen molar-refractivity contribution in [3.8, 4) is 0 Å². The van der Waals surface area contributed by atoms with Gasteiger partial charge in [0, 0.05) is 38.3 Å². The molecule has 5 nitrogen and oxygen atoms in total. The standard InChI is InChI=1S/C18H25N3O2/c1-19-17(22)5-8-18(23)7-2-10-21(13-18)12-14-3-4-16-15(11-14)6-9-20-16/h3-4,6,9,11,20,23H,2,5,7-8,10,12-13H2,1H3,(H,19,22)/t18-/m1/s1. The normalized spacial score (nSPS) is 22.3. The van der Waals surface area contributed by atoms with Gasteiger partial charge in [-0.05, 0) is 55.0 Å². The summed E-state index contributed by atoms with van der Waals surface area (Å²) in [4.78, 5) is 16.9. The zero-order chi connectivity index (χ0) is 16.3. The summed E-state index contributed by atoms with van der Waals surface area (Å²) in [5.74, 6) is -0.00606. The molecule has 1 aliphatic heterocycles. The number of aromatic amines is 1. The summed E-state index contributed by atoms with van der Waals surface area (Å²) in [6.45, 7) is 2.46. The molecule has 1 saturated heterocycles. The Morgan fingerprint density at radius 3 is 3.13 bits per heavy atom. The monoisotopic (exact) mass is 315 g/mol. The number of carbonyl (C=O) groups excluding carboxylic acids is 1. The van der Waals surface area contributed by atoms with Gasteiger partial charge in [0.2, 0.25) is 5.91 Å². The van der Waals surface area contributed by atoms with Gasteiger partial charge in [-0.1, -0.05) is 6.07 Å². The zero-order valence-electron chi connectivity index (χ0n) is 13.6. The molecule has 124 valence electrons. The van der Waals surface area contributed by atoms with Crippen LogP contribution in [-0.2, 0) is 11.3 Å². The number of rotatable bonds is 5. The number of H-pyrrole nitrogens is 1. The van der Waals surface area contributed by atoms with Crippen LogP contribution in [0.1, 0.15) is 31.2 Å². The SMILES string of the molecule is CNC(=O)CC[C@]1(O)CCCN(Cc2ccc3[nH]ccc3c2)C1. The lowest BCUT2D eigenvalue weighted by Crippen LogP contribution is -2.48. The van der Waals surface area contributed by atoms with Crippen molar-refractivity contribution in [1.82, 2.24) is 15.2 Å². The van der Waals surface area contributed by atoms with Gasteiger partial charge in [0.15, 0.2) is 0 Å². The first-order valence-corrected chi connectivity index (χ1v) is 8.29. The molecule has 0 unspecified atom stereocenters. The van der Waals surface area contributed by atoms with E-state index in [9.17, 15) is 9.90 Å². The number of nitrogens with one attached hydrogen (secondary N) is 2. The molecule has 0 saturated carbocycles. The number of likely N-dealkylation sites (tertiary alicyclic amines) is 1. The largest absolute Gasteiger partial charge is 0.389 e. The Labute approximate surface area is 136 Å². The zero-order valence-corrected chi connectivity index (χ0v) is 13.6. The van der Waals surface area contributed by atoms with Crippen LogP contribution in [0.3, 0.4) is 0 Å². The third kappa shape index (κ3) is 3.92. The smallest absolute Gasteiger partial charge is 0.219 e. The highest BCUT2D eigenvalue weighted by molar-refractivity contribution is 5.79.